The lowest BCUT2D eigenvalue weighted by atomic mass is 9.92. The third-order valence-corrected chi connectivity index (χ3v) is 6.33. The van der Waals surface area contributed by atoms with E-state index in [1.54, 1.807) is 24.4 Å². The van der Waals surface area contributed by atoms with Gasteiger partial charge < -0.3 is 16.0 Å². The zero-order valence-electron chi connectivity index (χ0n) is 15.9. The third-order valence-electron chi connectivity index (χ3n) is 5.19. The Labute approximate surface area is 185 Å². The SMILES string of the molecule is NC1CCC(Nc2ncnc3[nH]cc(C(=O)c4cccc(NS(=O)(=O)I)c4)c23)CC1. The van der Waals surface area contributed by atoms with Crippen LogP contribution in [0.25, 0.3) is 11.0 Å². The fraction of sp³-hybridized carbons (Fsp3) is 0.316. The molecule has 0 bridgehead atoms. The lowest BCUT2D eigenvalue weighted by Gasteiger charge is -2.27. The molecule has 1 fully saturated rings. The van der Waals surface area contributed by atoms with Crippen LogP contribution in [-0.4, -0.2) is 41.2 Å². The van der Waals surface area contributed by atoms with Crippen LogP contribution in [0.1, 0.15) is 41.6 Å². The zero-order valence-corrected chi connectivity index (χ0v) is 18.9. The van der Waals surface area contributed by atoms with Crippen LogP contribution in [0.3, 0.4) is 0 Å². The van der Waals surface area contributed by atoms with E-state index in [-0.39, 0.29) is 17.9 Å². The number of nitrogens with one attached hydrogen (secondary N) is 3. The van der Waals surface area contributed by atoms with E-state index in [0.29, 0.717) is 33.7 Å². The molecule has 9 nitrogen and oxygen atoms in total. The molecular weight excluding hydrogens is 519 g/mol. The highest BCUT2D eigenvalue weighted by Crippen LogP contribution is 2.29. The maximum absolute atomic E-state index is 13.2. The molecule has 0 radical (unpaired) electrons. The Balaban J connectivity index is 1.66. The summed E-state index contributed by atoms with van der Waals surface area (Å²) in [7, 11) is -3.47. The largest absolute Gasteiger partial charge is 0.367 e. The molecule has 2 heterocycles. The number of hydrogen-bond donors (Lipinski definition) is 4. The number of halogens is 1. The van der Waals surface area contributed by atoms with Crippen LogP contribution in [0.5, 0.6) is 0 Å². The van der Waals surface area contributed by atoms with Gasteiger partial charge in [-0.15, -0.1) is 0 Å². The quantitative estimate of drug-likeness (QED) is 0.214. The molecule has 0 atom stereocenters. The van der Waals surface area contributed by atoms with Gasteiger partial charge in [-0.1, -0.05) is 12.1 Å². The Morgan fingerprint density at radius 2 is 1.97 bits per heavy atom. The first-order valence-corrected chi connectivity index (χ1v) is 13.5. The average Bonchev–Trinajstić information content (AvgIpc) is 3.13. The van der Waals surface area contributed by atoms with Gasteiger partial charge in [-0.3, -0.25) is 9.52 Å². The summed E-state index contributed by atoms with van der Waals surface area (Å²) >= 11 is 1.30. The molecule has 3 aromatic rings. The van der Waals surface area contributed by atoms with E-state index < -0.39 is 7.19 Å². The number of carbonyl (C=O) groups excluding carboxylic acids is 1. The molecule has 0 aliphatic heterocycles. The van der Waals surface area contributed by atoms with Gasteiger partial charge in [0.15, 0.2) is 5.78 Å². The van der Waals surface area contributed by atoms with Crippen LogP contribution in [0.2, 0.25) is 0 Å². The van der Waals surface area contributed by atoms with Crippen LogP contribution in [0, 0.1) is 0 Å². The molecule has 1 saturated carbocycles. The summed E-state index contributed by atoms with van der Waals surface area (Å²) < 4.78 is 25.4. The predicted molar refractivity (Wildman–Crippen MR) is 124 cm³/mol. The molecule has 5 N–H and O–H groups in total. The van der Waals surface area contributed by atoms with E-state index in [1.807, 2.05) is 0 Å². The highest BCUT2D eigenvalue weighted by atomic mass is 127. The van der Waals surface area contributed by atoms with Crippen LogP contribution in [-0.2, 0) is 7.19 Å². The molecule has 1 aromatic carbocycles. The van der Waals surface area contributed by atoms with Crippen molar-refractivity contribution in [2.24, 2.45) is 5.73 Å². The summed E-state index contributed by atoms with van der Waals surface area (Å²) in [6, 6.07) is 6.86. The maximum Gasteiger partial charge on any atom is 0.286 e. The molecule has 158 valence electrons. The molecule has 0 amide bonds. The van der Waals surface area contributed by atoms with Gasteiger partial charge in [0.1, 0.15) is 17.8 Å². The standard InChI is InChI=1S/C19H21IN6O3S/c20-30(28,29)26-14-3-1-2-11(8-14)17(27)15-9-22-18-16(15)19(24-10-23-18)25-13-6-4-12(21)5-7-13/h1-3,8-10,12-13,26H,4-7,21H2,(H2,22,23,24,25). The molecule has 1 aliphatic rings. The number of ketones is 1. The second-order valence-corrected chi connectivity index (χ2v) is 11.9. The third kappa shape index (κ3) is 4.73. The van der Waals surface area contributed by atoms with Gasteiger partial charge in [0.2, 0.25) is 0 Å². The highest BCUT2D eigenvalue weighted by molar-refractivity contribution is 14.2. The number of H-pyrrole nitrogens is 1. The summed E-state index contributed by atoms with van der Waals surface area (Å²) in [6.07, 6.45) is 6.85. The van der Waals surface area contributed by atoms with Gasteiger partial charge >= 0.3 is 0 Å². The Morgan fingerprint density at radius 1 is 1.20 bits per heavy atom. The number of fused-ring (bicyclic) bond motifs is 1. The number of carbonyl (C=O) groups is 1. The van der Waals surface area contributed by atoms with Gasteiger partial charge in [-0.2, -0.15) is 8.42 Å². The van der Waals surface area contributed by atoms with Crippen LogP contribution in [0.15, 0.2) is 36.8 Å². The maximum atomic E-state index is 13.2. The van der Waals surface area contributed by atoms with Crippen molar-refractivity contribution in [1.29, 1.82) is 0 Å². The molecule has 0 unspecified atom stereocenters. The summed E-state index contributed by atoms with van der Waals surface area (Å²) in [5.74, 6) is 0.355. The van der Waals surface area contributed by atoms with E-state index in [0.717, 1.165) is 25.7 Å². The van der Waals surface area contributed by atoms with E-state index in [1.165, 1.54) is 33.6 Å². The van der Waals surface area contributed by atoms with Crippen molar-refractivity contribution in [2.75, 3.05) is 10.0 Å². The minimum atomic E-state index is -3.47. The molecule has 2 aromatic heterocycles. The number of nitrogens with two attached hydrogens (primary N) is 1. The van der Waals surface area contributed by atoms with Gasteiger partial charge in [-0.05, 0) is 37.8 Å². The first kappa shape index (κ1) is 21.0. The smallest absolute Gasteiger partial charge is 0.286 e. The number of rotatable bonds is 6. The molecule has 0 saturated heterocycles. The second-order valence-electron chi connectivity index (χ2n) is 7.35. The second kappa shape index (κ2) is 8.47. The number of hydrogen-bond acceptors (Lipinski definition) is 7. The molecular formula is C19H21IN6O3S. The van der Waals surface area contributed by atoms with Crippen molar-refractivity contribution in [3.05, 3.63) is 47.9 Å². The number of aromatic amines is 1. The molecule has 1 aliphatic carbocycles. The minimum absolute atomic E-state index is 0.238. The number of benzene rings is 1. The average molecular weight is 540 g/mol. The normalized spacial score (nSPS) is 19.5. The number of aromatic nitrogens is 3. The Morgan fingerprint density at radius 3 is 2.70 bits per heavy atom. The van der Waals surface area contributed by atoms with E-state index in [2.05, 4.69) is 25.0 Å². The van der Waals surface area contributed by atoms with Crippen molar-refractivity contribution >= 4 is 56.7 Å². The van der Waals surface area contributed by atoms with Crippen LogP contribution < -0.4 is 15.8 Å². The van der Waals surface area contributed by atoms with Crippen molar-refractivity contribution in [3.8, 4) is 0 Å². The molecule has 0 spiro atoms. The fourth-order valence-corrected chi connectivity index (χ4v) is 4.90. The van der Waals surface area contributed by atoms with E-state index >= 15 is 0 Å². The van der Waals surface area contributed by atoms with Crippen LogP contribution in [0.4, 0.5) is 11.5 Å². The van der Waals surface area contributed by atoms with Gasteiger partial charge in [-0.25, -0.2) is 9.97 Å². The van der Waals surface area contributed by atoms with Crippen molar-refractivity contribution in [3.63, 3.8) is 0 Å². The van der Waals surface area contributed by atoms with Gasteiger partial charge in [0.25, 0.3) is 7.19 Å². The summed E-state index contributed by atoms with van der Waals surface area (Å²) in [5, 5.41) is 4.07. The van der Waals surface area contributed by atoms with Gasteiger partial charge in [0, 0.05) is 29.5 Å². The summed E-state index contributed by atoms with van der Waals surface area (Å²) in [6.45, 7) is 0. The summed E-state index contributed by atoms with van der Waals surface area (Å²) in [4.78, 5) is 24.9. The highest BCUT2D eigenvalue weighted by Gasteiger charge is 2.23. The zero-order chi connectivity index (χ0) is 21.3. The summed E-state index contributed by atoms with van der Waals surface area (Å²) in [5.41, 5.74) is 7.67. The monoisotopic (exact) mass is 540 g/mol. The lowest BCUT2D eigenvalue weighted by Crippen LogP contribution is -2.33. The Kier molecular flexibility index (Phi) is 5.93. The van der Waals surface area contributed by atoms with Gasteiger partial charge in [0.05, 0.1) is 32.2 Å². The van der Waals surface area contributed by atoms with Crippen LogP contribution >= 0.6 is 21.2 Å². The minimum Gasteiger partial charge on any atom is -0.367 e. The van der Waals surface area contributed by atoms with E-state index in [4.69, 9.17) is 5.73 Å². The fourth-order valence-electron chi connectivity index (χ4n) is 3.73. The molecule has 30 heavy (non-hydrogen) atoms. The Bertz CT molecular complexity index is 1190. The lowest BCUT2D eigenvalue weighted by molar-refractivity contribution is 0.104. The number of nitrogens with zero attached hydrogens (tertiary/aromatic N) is 2. The van der Waals surface area contributed by atoms with Crippen molar-refractivity contribution in [2.45, 2.75) is 37.8 Å². The molecule has 4 rings (SSSR count). The Hall–Kier alpha value is -2.25. The number of anilines is 2. The first-order valence-electron chi connectivity index (χ1n) is 9.51. The van der Waals surface area contributed by atoms with E-state index in [9.17, 15) is 13.2 Å². The predicted octanol–water partition coefficient (Wildman–Crippen LogP) is 2.96. The first-order chi connectivity index (χ1) is 14.3. The van der Waals surface area contributed by atoms with Crippen molar-refractivity contribution < 1.29 is 13.2 Å². The molecule has 11 heteroatoms. The van der Waals surface area contributed by atoms with Crippen molar-refractivity contribution in [1.82, 2.24) is 15.0 Å². The topological polar surface area (TPSA) is 143 Å².